The minimum atomic E-state index is -0.370. The molecular weight excluding hydrogens is 229 g/mol. The average molecular weight is 247 g/mol. The van der Waals surface area contributed by atoms with E-state index >= 15 is 0 Å². The molecule has 3 heteroatoms. The van der Waals surface area contributed by atoms with Gasteiger partial charge in [0.1, 0.15) is 5.82 Å². The zero-order valence-electron chi connectivity index (χ0n) is 10.6. The molecule has 2 fully saturated rings. The van der Waals surface area contributed by atoms with E-state index in [9.17, 15) is 9.18 Å². The van der Waals surface area contributed by atoms with E-state index in [1.54, 1.807) is 6.07 Å². The van der Waals surface area contributed by atoms with Gasteiger partial charge in [-0.2, -0.15) is 0 Å². The molecule has 2 bridgehead atoms. The van der Waals surface area contributed by atoms with Gasteiger partial charge in [0.05, 0.1) is 5.56 Å². The predicted molar refractivity (Wildman–Crippen MR) is 68.1 cm³/mol. The zero-order chi connectivity index (χ0) is 12.7. The van der Waals surface area contributed by atoms with E-state index in [1.807, 2.05) is 13.0 Å². The lowest BCUT2D eigenvalue weighted by Crippen LogP contribution is -2.40. The smallest absolute Gasteiger partial charge is 0.169 e. The molecule has 2 aliphatic heterocycles. The highest BCUT2D eigenvalue weighted by molar-refractivity contribution is 5.98. The van der Waals surface area contributed by atoms with E-state index in [1.165, 1.54) is 6.07 Å². The van der Waals surface area contributed by atoms with Crippen molar-refractivity contribution in [3.63, 3.8) is 0 Å². The Morgan fingerprint density at radius 2 is 1.94 bits per heavy atom. The number of nitrogens with one attached hydrogen (secondary N) is 1. The summed E-state index contributed by atoms with van der Waals surface area (Å²) in [6.45, 7) is 1.84. The minimum absolute atomic E-state index is 0.000885. The molecule has 2 nitrogen and oxygen atoms in total. The fourth-order valence-electron chi connectivity index (χ4n) is 3.31. The van der Waals surface area contributed by atoms with E-state index in [2.05, 4.69) is 5.32 Å². The van der Waals surface area contributed by atoms with Crippen LogP contribution < -0.4 is 5.32 Å². The summed E-state index contributed by atoms with van der Waals surface area (Å²) in [6.07, 6.45) is 4.04. The number of hydrogen-bond acceptors (Lipinski definition) is 2. The van der Waals surface area contributed by atoms with Crippen molar-refractivity contribution in [1.82, 2.24) is 5.32 Å². The molecule has 2 saturated heterocycles. The first-order valence-electron chi connectivity index (χ1n) is 6.70. The summed E-state index contributed by atoms with van der Waals surface area (Å²) in [4.78, 5) is 12.4. The van der Waals surface area contributed by atoms with Crippen LogP contribution in [0.5, 0.6) is 0 Å². The SMILES string of the molecule is Cc1ccc(C(=O)C2CC3CCC(C2)N3)c(F)c1. The van der Waals surface area contributed by atoms with Gasteiger partial charge in [0.2, 0.25) is 0 Å². The number of piperidine rings is 1. The van der Waals surface area contributed by atoms with Gasteiger partial charge in [0.25, 0.3) is 0 Å². The maximum absolute atomic E-state index is 13.8. The first kappa shape index (κ1) is 11.8. The molecule has 0 spiro atoms. The van der Waals surface area contributed by atoms with E-state index in [0.29, 0.717) is 12.1 Å². The molecule has 1 aromatic carbocycles. The molecule has 2 atom stereocenters. The molecule has 0 aliphatic carbocycles. The lowest BCUT2D eigenvalue weighted by atomic mass is 9.85. The van der Waals surface area contributed by atoms with Crippen LogP contribution in [0.3, 0.4) is 0 Å². The van der Waals surface area contributed by atoms with E-state index in [4.69, 9.17) is 0 Å². The Labute approximate surface area is 107 Å². The number of fused-ring (bicyclic) bond motifs is 2. The van der Waals surface area contributed by atoms with Crippen LogP contribution in [-0.4, -0.2) is 17.9 Å². The van der Waals surface area contributed by atoms with Crippen molar-refractivity contribution in [1.29, 1.82) is 0 Å². The van der Waals surface area contributed by atoms with Crippen molar-refractivity contribution in [3.05, 3.63) is 35.1 Å². The molecular formula is C15H18FNO. The highest BCUT2D eigenvalue weighted by Crippen LogP contribution is 2.33. The highest BCUT2D eigenvalue weighted by atomic mass is 19.1. The number of ketones is 1. The van der Waals surface area contributed by atoms with Gasteiger partial charge in [-0.3, -0.25) is 4.79 Å². The van der Waals surface area contributed by atoms with Crippen molar-refractivity contribution < 1.29 is 9.18 Å². The first-order chi connectivity index (χ1) is 8.63. The lowest BCUT2D eigenvalue weighted by molar-refractivity contribution is 0.0871. The fourth-order valence-corrected chi connectivity index (χ4v) is 3.31. The fraction of sp³-hybridized carbons (Fsp3) is 0.533. The topological polar surface area (TPSA) is 29.1 Å². The number of hydrogen-bond donors (Lipinski definition) is 1. The maximum atomic E-state index is 13.8. The molecule has 2 heterocycles. The van der Waals surface area contributed by atoms with Crippen LogP contribution in [0, 0.1) is 18.7 Å². The Kier molecular flexibility index (Phi) is 2.94. The number of aryl methyl sites for hydroxylation is 1. The maximum Gasteiger partial charge on any atom is 0.169 e. The van der Waals surface area contributed by atoms with Crippen molar-refractivity contribution in [2.24, 2.45) is 5.92 Å². The van der Waals surface area contributed by atoms with Crippen molar-refractivity contribution in [2.75, 3.05) is 0 Å². The van der Waals surface area contributed by atoms with E-state index in [-0.39, 0.29) is 23.1 Å². The first-order valence-corrected chi connectivity index (χ1v) is 6.70. The quantitative estimate of drug-likeness (QED) is 0.814. The lowest BCUT2D eigenvalue weighted by Gasteiger charge is -2.28. The molecule has 0 radical (unpaired) electrons. The summed E-state index contributed by atoms with van der Waals surface area (Å²) in [5.74, 6) is -0.377. The molecule has 0 saturated carbocycles. The molecule has 96 valence electrons. The Balaban J connectivity index is 1.82. The second-order valence-corrected chi connectivity index (χ2v) is 5.65. The van der Waals surface area contributed by atoms with Gasteiger partial charge in [0.15, 0.2) is 5.78 Å². The third-order valence-corrected chi connectivity index (χ3v) is 4.23. The Hall–Kier alpha value is -1.22. The summed E-state index contributed by atoms with van der Waals surface area (Å²) in [7, 11) is 0. The Morgan fingerprint density at radius 1 is 1.28 bits per heavy atom. The third-order valence-electron chi connectivity index (χ3n) is 4.23. The number of rotatable bonds is 2. The summed E-state index contributed by atoms with van der Waals surface area (Å²) in [5, 5.41) is 3.50. The molecule has 2 aliphatic rings. The summed E-state index contributed by atoms with van der Waals surface area (Å²) in [6, 6.07) is 5.82. The molecule has 1 N–H and O–H groups in total. The molecule has 0 aromatic heterocycles. The van der Waals surface area contributed by atoms with E-state index < -0.39 is 0 Å². The monoisotopic (exact) mass is 247 g/mol. The number of Topliss-reactive ketones (excluding diaryl/α,β-unsaturated/α-hetero) is 1. The predicted octanol–water partition coefficient (Wildman–Crippen LogP) is 2.85. The Morgan fingerprint density at radius 3 is 2.56 bits per heavy atom. The van der Waals surface area contributed by atoms with Crippen molar-refractivity contribution >= 4 is 5.78 Å². The van der Waals surface area contributed by atoms with Crippen LogP contribution in [0.2, 0.25) is 0 Å². The van der Waals surface area contributed by atoms with Crippen molar-refractivity contribution in [2.45, 2.75) is 44.7 Å². The molecule has 18 heavy (non-hydrogen) atoms. The van der Waals surface area contributed by atoms with Crippen LogP contribution in [-0.2, 0) is 0 Å². The van der Waals surface area contributed by atoms with Crippen LogP contribution >= 0.6 is 0 Å². The number of benzene rings is 1. The van der Waals surface area contributed by atoms with Gasteiger partial charge in [-0.25, -0.2) is 4.39 Å². The summed E-state index contributed by atoms with van der Waals surface area (Å²) >= 11 is 0. The van der Waals surface area contributed by atoms with Crippen LogP contribution in [0.25, 0.3) is 0 Å². The number of halogens is 1. The standard InChI is InChI=1S/C15H18FNO/c1-9-2-5-13(14(16)6-9)15(18)10-7-11-3-4-12(8-10)17-11/h2,5-6,10-12,17H,3-4,7-8H2,1H3. The average Bonchev–Trinajstić information content (AvgIpc) is 2.67. The largest absolute Gasteiger partial charge is 0.311 e. The number of carbonyl (C=O) groups is 1. The molecule has 3 rings (SSSR count). The molecule has 2 unspecified atom stereocenters. The van der Waals surface area contributed by atoms with Gasteiger partial charge in [-0.05, 0) is 50.3 Å². The second kappa shape index (κ2) is 4.47. The molecule has 1 aromatic rings. The van der Waals surface area contributed by atoms with Gasteiger partial charge in [0, 0.05) is 18.0 Å². The molecule has 0 amide bonds. The Bertz CT molecular complexity index is 473. The van der Waals surface area contributed by atoms with Gasteiger partial charge in [-0.15, -0.1) is 0 Å². The highest BCUT2D eigenvalue weighted by Gasteiger charge is 2.37. The van der Waals surface area contributed by atoms with Gasteiger partial charge < -0.3 is 5.32 Å². The summed E-state index contributed by atoms with van der Waals surface area (Å²) < 4.78 is 13.8. The zero-order valence-corrected chi connectivity index (χ0v) is 10.6. The summed E-state index contributed by atoms with van der Waals surface area (Å²) in [5.41, 5.74) is 1.13. The number of carbonyl (C=O) groups excluding carboxylic acids is 1. The third kappa shape index (κ3) is 2.07. The van der Waals surface area contributed by atoms with Gasteiger partial charge in [-0.1, -0.05) is 6.07 Å². The van der Waals surface area contributed by atoms with E-state index in [0.717, 1.165) is 31.2 Å². The van der Waals surface area contributed by atoms with Gasteiger partial charge >= 0.3 is 0 Å². The second-order valence-electron chi connectivity index (χ2n) is 5.65. The van der Waals surface area contributed by atoms with Crippen molar-refractivity contribution in [3.8, 4) is 0 Å². The minimum Gasteiger partial charge on any atom is -0.311 e. The normalized spacial score (nSPS) is 30.4. The van der Waals surface area contributed by atoms with Crippen LogP contribution in [0.1, 0.15) is 41.6 Å². The van der Waals surface area contributed by atoms with Crippen LogP contribution in [0.15, 0.2) is 18.2 Å². The van der Waals surface area contributed by atoms with Crippen LogP contribution in [0.4, 0.5) is 4.39 Å².